The van der Waals surface area contributed by atoms with Gasteiger partial charge in [-0.2, -0.15) is 16.8 Å². The van der Waals surface area contributed by atoms with Gasteiger partial charge >= 0.3 is 20.2 Å². The highest BCUT2D eigenvalue weighted by Crippen LogP contribution is 2.61. The maximum atomic E-state index is 13.5. The summed E-state index contributed by atoms with van der Waals surface area (Å²) in [7, 11) is -8.55. The number of aromatic hydroxyl groups is 2. The highest BCUT2D eigenvalue weighted by molar-refractivity contribution is 7.87. The molecule has 2 N–H and O–H groups in total. The summed E-state index contributed by atoms with van der Waals surface area (Å²) in [5, 5.41) is 26.8. The van der Waals surface area contributed by atoms with E-state index in [9.17, 15) is 27.0 Å². The molecular weight excluding hydrogens is 504 g/mol. The van der Waals surface area contributed by atoms with Crippen LogP contribution in [0.2, 0.25) is 0 Å². The highest BCUT2D eigenvalue weighted by Gasteiger charge is 2.42. The number of benzene rings is 5. The Morgan fingerprint density at radius 2 is 0.972 bits per heavy atom. The summed E-state index contributed by atoms with van der Waals surface area (Å²) in [5.41, 5.74) is 2.62. The molecule has 0 radical (unpaired) electrons. The van der Waals surface area contributed by atoms with Gasteiger partial charge in [-0.1, -0.05) is 0 Å². The first kappa shape index (κ1) is 19.7. The number of rotatable bonds is 0. The largest absolute Gasteiger partial charge is 0.504 e. The summed E-state index contributed by atoms with van der Waals surface area (Å²) in [6, 6.07) is 3.23. The maximum absolute atomic E-state index is 13.5. The molecule has 2 aliphatic carbocycles. The minimum absolute atomic E-state index is 0.00483. The Morgan fingerprint density at radius 1 is 0.556 bits per heavy atom. The molecule has 0 atom stereocenters. The van der Waals surface area contributed by atoms with Gasteiger partial charge in [0.05, 0.1) is 0 Å². The van der Waals surface area contributed by atoms with Crippen molar-refractivity contribution in [1.29, 1.82) is 0 Å². The number of hydrogen-bond donors (Lipinski definition) is 2. The fourth-order valence-corrected chi connectivity index (χ4v) is 9.64. The van der Waals surface area contributed by atoms with Gasteiger partial charge in [-0.3, -0.25) is 0 Å². The average molecular weight is 521 g/mol. The van der Waals surface area contributed by atoms with Crippen molar-refractivity contribution in [3.8, 4) is 23.0 Å². The van der Waals surface area contributed by atoms with Gasteiger partial charge in [0.15, 0.2) is 23.0 Å². The smallest absolute Gasteiger partial charge is 0.340 e. The molecule has 0 amide bonds. The van der Waals surface area contributed by atoms with Crippen LogP contribution in [0.1, 0.15) is 35.1 Å². The molecule has 5 aromatic carbocycles. The second-order valence-electron chi connectivity index (χ2n) is 10.2. The molecule has 0 spiro atoms. The van der Waals surface area contributed by atoms with Gasteiger partial charge in [-0.05, 0) is 72.6 Å². The molecule has 0 bridgehead atoms. The zero-order chi connectivity index (χ0) is 24.5. The van der Waals surface area contributed by atoms with Gasteiger partial charge in [0.2, 0.25) is 0 Å². The normalized spacial score (nSPS) is 20.0. The van der Waals surface area contributed by atoms with Crippen molar-refractivity contribution in [1.82, 2.24) is 0 Å². The summed E-state index contributed by atoms with van der Waals surface area (Å²) >= 11 is 0. The number of aryl methyl sites for hydroxylation is 4. The first-order chi connectivity index (χ1) is 17.2. The number of phenolic OH excluding ortho intramolecular Hbond substituents is 2. The monoisotopic (exact) mass is 520 g/mol. The van der Waals surface area contributed by atoms with Crippen molar-refractivity contribution in [2.45, 2.75) is 48.3 Å². The molecule has 0 fully saturated rings. The Bertz CT molecular complexity index is 2040. The van der Waals surface area contributed by atoms with E-state index in [1.54, 1.807) is 12.1 Å². The van der Waals surface area contributed by atoms with Crippen molar-refractivity contribution in [2.75, 3.05) is 0 Å². The van der Waals surface area contributed by atoms with Crippen LogP contribution >= 0.6 is 0 Å². The van der Waals surface area contributed by atoms with Crippen molar-refractivity contribution in [2.24, 2.45) is 0 Å². The lowest BCUT2D eigenvalue weighted by atomic mass is 9.78. The van der Waals surface area contributed by atoms with Crippen LogP contribution in [-0.4, -0.2) is 27.0 Å². The lowest BCUT2D eigenvalue weighted by Crippen LogP contribution is -2.21. The Balaban J connectivity index is 1.78. The zero-order valence-corrected chi connectivity index (χ0v) is 20.2. The van der Waals surface area contributed by atoms with Crippen molar-refractivity contribution < 1.29 is 35.4 Å². The molecule has 2 heterocycles. The van der Waals surface area contributed by atoms with Crippen LogP contribution in [0.3, 0.4) is 0 Å². The minimum Gasteiger partial charge on any atom is -0.504 e. The van der Waals surface area contributed by atoms with Crippen LogP contribution in [-0.2, 0) is 45.9 Å². The lowest BCUT2D eigenvalue weighted by molar-refractivity contribution is 0.423. The topological polar surface area (TPSA) is 127 Å². The van der Waals surface area contributed by atoms with Crippen LogP contribution < -0.4 is 8.37 Å². The fourth-order valence-electron chi connectivity index (χ4n) is 7.22. The molecule has 180 valence electrons. The van der Waals surface area contributed by atoms with Crippen molar-refractivity contribution in [3.05, 3.63) is 34.4 Å². The van der Waals surface area contributed by atoms with E-state index in [4.69, 9.17) is 8.37 Å². The predicted molar refractivity (Wildman–Crippen MR) is 131 cm³/mol. The van der Waals surface area contributed by atoms with E-state index in [1.807, 2.05) is 0 Å². The standard InChI is InChI=1S/C26H16O8S2/c27-23-11-5-1-3-9-7-13-17-19(15(9)11)21-18-14(36(31,32)33-25(21)23)8-10-4-2-6-12-16(10)20(18)22(17)26(24(12)28)34-35(13,29)30/h7-8,27-28H,1-6H2. The van der Waals surface area contributed by atoms with E-state index in [1.165, 1.54) is 0 Å². The first-order valence-corrected chi connectivity index (χ1v) is 14.6. The van der Waals surface area contributed by atoms with Crippen LogP contribution in [0.15, 0.2) is 21.9 Å². The summed E-state index contributed by atoms with van der Waals surface area (Å²) < 4.78 is 65.0. The molecule has 0 unspecified atom stereocenters. The van der Waals surface area contributed by atoms with Gasteiger partial charge < -0.3 is 18.6 Å². The van der Waals surface area contributed by atoms with Gasteiger partial charge in [-0.15, -0.1) is 0 Å². The predicted octanol–water partition coefficient (Wildman–Crippen LogP) is 4.29. The Labute approximate surface area is 204 Å². The molecule has 8 nitrogen and oxygen atoms in total. The van der Waals surface area contributed by atoms with Gasteiger partial charge in [-0.25, -0.2) is 0 Å². The molecule has 5 aromatic rings. The number of hydrogen-bond acceptors (Lipinski definition) is 8. The SMILES string of the molecule is O=S1(=O)Oc2c(O)c3c4c(cc5c6c7c(c(O)c8c9c(cc1c(c2c46)c97)CCC8)OS5(=O)=O)CCC3. The van der Waals surface area contributed by atoms with Crippen LogP contribution in [0.25, 0.3) is 43.1 Å². The van der Waals surface area contributed by atoms with E-state index >= 15 is 0 Å². The Hall–Kier alpha value is -3.50. The van der Waals surface area contributed by atoms with Gasteiger partial charge in [0, 0.05) is 43.4 Å². The van der Waals surface area contributed by atoms with E-state index in [0.29, 0.717) is 82.0 Å². The summed E-state index contributed by atoms with van der Waals surface area (Å²) in [6.07, 6.45) is 3.54. The summed E-state index contributed by atoms with van der Waals surface area (Å²) in [6.45, 7) is 0. The fraction of sp³-hybridized carbons (Fsp3) is 0.231. The molecule has 2 aliphatic heterocycles. The Kier molecular flexibility index (Phi) is 3.04. The second-order valence-corrected chi connectivity index (χ2v) is 13.2. The highest BCUT2D eigenvalue weighted by atomic mass is 32.2. The molecular formula is C26H16O8S2. The third-order valence-corrected chi connectivity index (χ3v) is 11.0. The molecule has 36 heavy (non-hydrogen) atoms. The van der Waals surface area contributed by atoms with E-state index in [2.05, 4.69) is 0 Å². The van der Waals surface area contributed by atoms with Gasteiger partial charge in [0.1, 0.15) is 9.79 Å². The minimum atomic E-state index is -4.27. The van der Waals surface area contributed by atoms with E-state index in [-0.39, 0.29) is 32.8 Å². The Morgan fingerprint density at radius 3 is 1.39 bits per heavy atom. The van der Waals surface area contributed by atoms with E-state index < -0.39 is 20.2 Å². The summed E-state index contributed by atoms with van der Waals surface area (Å²) in [4.78, 5) is -0.00966. The van der Waals surface area contributed by atoms with Crippen LogP contribution in [0.5, 0.6) is 23.0 Å². The van der Waals surface area contributed by atoms with Gasteiger partial charge in [0.25, 0.3) is 0 Å². The van der Waals surface area contributed by atoms with Crippen LogP contribution in [0, 0.1) is 0 Å². The first-order valence-electron chi connectivity index (χ1n) is 11.8. The zero-order valence-electron chi connectivity index (χ0n) is 18.6. The molecule has 0 aromatic heterocycles. The van der Waals surface area contributed by atoms with E-state index in [0.717, 1.165) is 21.9 Å². The lowest BCUT2D eigenvalue weighted by Gasteiger charge is -2.33. The van der Waals surface area contributed by atoms with Crippen molar-refractivity contribution >= 4 is 63.3 Å². The van der Waals surface area contributed by atoms with Crippen LogP contribution in [0.4, 0.5) is 0 Å². The van der Waals surface area contributed by atoms with Crippen molar-refractivity contribution in [3.63, 3.8) is 0 Å². The third-order valence-electron chi connectivity index (χ3n) is 8.48. The molecule has 0 saturated heterocycles. The third kappa shape index (κ3) is 1.89. The molecule has 4 aliphatic rings. The molecule has 10 heteroatoms. The maximum Gasteiger partial charge on any atom is 0.340 e. The average Bonchev–Trinajstić information content (AvgIpc) is 2.84. The summed E-state index contributed by atoms with van der Waals surface area (Å²) in [5.74, 6) is -0.727. The quantitative estimate of drug-likeness (QED) is 0.176. The second kappa shape index (κ2) is 5.57. The molecule has 9 rings (SSSR count). The number of phenols is 2. The molecule has 0 saturated carbocycles.